The highest BCUT2D eigenvalue weighted by Gasteiger charge is 2.27. The zero-order valence-electron chi connectivity index (χ0n) is 60.7. The lowest BCUT2D eigenvalue weighted by Crippen LogP contribution is -2.37. The van der Waals surface area contributed by atoms with Gasteiger partial charge in [-0.1, -0.05) is 383 Å². The summed E-state index contributed by atoms with van der Waals surface area (Å²) in [7, 11) is 1.50. The smallest absolute Gasteiger partial charge is 0.462 e. The summed E-state index contributed by atoms with van der Waals surface area (Å²) in [6.07, 6.45) is 94.1. The van der Waals surface area contributed by atoms with Crippen LogP contribution in [-0.4, -0.2) is 74.9 Å². The van der Waals surface area contributed by atoms with E-state index in [4.69, 9.17) is 18.5 Å². The quantitative estimate of drug-likeness (QED) is 0.0211. The first-order valence-electron chi connectivity index (χ1n) is 39.4. The Morgan fingerprint density at radius 1 is 0.356 bits per heavy atom. The van der Waals surface area contributed by atoms with Crippen LogP contribution in [0.2, 0.25) is 0 Å². The van der Waals surface area contributed by atoms with Gasteiger partial charge in [-0.25, -0.2) is 4.57 Å². The molecule has 10 heteroatoms. The fourth-order valence-electron chi connectivity index (χ4n) is 11.9. The molecule has 0 spiro atoms. The third-order valence-electron chi connectivity index (χ3n) is 17.9. The second kappa shape index (κ2) is 71.3. The van der Waals surface area contributed by atoms with Crippen LogP contribution in [0.4, 0.5) is 0 Å². The van der Waals surface area contributed by atoms with Gasteiger partial charge in [-0.3, -0.25) is 18.6 Å². The number of ether oxygens (including phenoxy) is 2. The van der Waals surface area contributed by atoms with Crippen molar-refractivity contribution in [3.05, 3.63) is 48.6 Å². The molecular weight excluding hydrogens is 1130 g/mol. The number of phosphoric acid groups is 1. The Bertz CT molecular complexity index is 1660. The van der Waals surface area contributed by atoms with E-state index in [0.29, 0.717) is 23.9 Å². The summed E-state index contributed by atoms with van der Waals surface area (Å²) in [5, 5.41) is 0. The number of allylic oxidation sites excluding steroid dienone is 8. The number of nitrogens with zero attached hydrogens (tertiary/aromatic N) is 1. The maximum atomic E-state index is 12.9. The van der Waals surface area contributed by atoms with Crippen LogP contribution < -0.4 is 0 Å². The van der Waals surface area contributed by atoms with Gasteiger partial charge in [0.2, 0.25) is 0 Å². The monoisotopic (exact) mass is 1290 g/mol. The molecule has 0 radical (unpaired) electrons. The van der Waals surface area contributed by atoms with Crippen LogP contribution in [0.5, 0.6) is 0 Å². The Kier molecular flexibility index (Phi) is 69.7. The summed E-state index contributed by atoms with van der Waals surface area (Å²) in [5.41, 5.74) is 0. The fraction of sp³-hybridized carbons (Fsp3) is 0.875. The van der Waals surface area contributed by atoms with Gasteiger partial charge in [0, 0.05) is 12.8 Å². The molecule has 0 bridgehead atoms. The number of esters is 2. The highest BCUT2D eigenvalue weighted by molar-refractivity contribution is 7.47. The Hall–Kier alpha value is -2.03. The SMILES string of the molecule is CC/C=C\C/C=C\C/C=C\C/C=C\CCCCCCCCCCCCCCCCCCCCC(=O)OC(COC(=O)CCCCCCCCCCCCCCCCCCCCCCCCCCCCCCCCCCCCC)COP(=O)(O)OCC[N+](C)(C)C. The largest absolute Gasteiger partial charge is 0.472 e. The minimum Gasteiger partial charge on any atom is -0.462 e. The van der Waals surface area contributed by atoms with Crippen molar-refractivity contribution < 1.29 is 42.1 Å². The fourth-order valence-corrected chi connectivity index (χ4v) is 12.6. The Labute approximate surface area is 560 Å². The average Bonchev–Trinajstić information content (AvgIpc) is 3.58. The van der Waals surface area contributed by atoms with E-state index in [0.717, 1.165) is 57.8 Å². The van der Waals surface area contributed by atoms with Gasteiger partial charge in [-0.15, -0.1) is 0 Å². The Balaban J connectivity index is 3.91. The first kappa shape index (κ1) is 88.0. The lowest BCUT2D eigenvalue weighted by molar-refractivity contribution is -0.870. The lowest BCUT2D eigenvalue weighted by Gasteiger charge is -2.24. The number of likely N-dealkylation sites (N-methyl/N-ethyl adjacent to an activating group) is 1. The minimum atomic E-state index is -4.39. The van der Waals surface area contributed by atoms with Crippen molar-refractivity contribution in [2.75, 3.05) is 47.5 Å². The summed E-state index contributed by atoms with van der Waals surface area (Å²) >= 11 is 0. The molecule has 0 fully saturated rings. The predicted molar refractivity (Wildman–Crippen MR) is 390 cm³/mol. The van der Waals surface area contributed by atoms with Gasteiger partial charge in [0.05, 0.1) is 27.7 Å². The average molecular weight is 1290 g/mol. The second-order valence-corrected chi connectivity index (χ2v) is 29.5. The van der Waals surface area contributed by atoms with Crippen LogP contribution in [0.1, 0.15) is 399 Å². The molecular formula is C80H153NO8P+. The molecule has 0 amide bonds. The van der Waals surface area contributed by atoms with E-state index >= 15 is 0 Å². The van der Waals surface area contributed by atoms with Gasteiger partial charge in [0.25, 0.3) is 0 Å². The molecule has 0 aliphatic carbocycles. The summed E-state index contributed by atoms with van der Waals surface area (Å²) in [6, 6.07) is 0. The normalized spacial score (nSPS) is 13.3. The van der Waals surface area contributed by atoms with E-state index in [1.165, 1.54) is 308 Å². The van der Waals surface area contributed by atoms with Crippen LogP contribution in [0, 0.1) is 0 Å². The van der Waals surface area contributed by atoms with Crippen LogP contribution in [-0.2, 0) is 32.7 Å². The van der Waals surface area contributed by atoms with E-state index < -0.39 is 26.5 Å². The zero-order chi connectivity index (χ0) is 65.5. The van der Waals surface area contributed by atoms with Gasteiger partial charge in [0.1, 0.15) is 19.8 Å². The maximum absolute atomic E-state index is 12.9. The van der Waals surface area contributed by atoms with Crippen molar-refractivity contribution >= 4 is 19.8 Å². The van der Waals surface area contributed by atoms with E-state index in [1.54, 1.807) is 0 Å². The second-order valence-electron chi connectivity index (χ2n) is 28.1. The number of hydrogen-bond acceptors (Lipinski definition) is 7. The summed E-state index contributed by atoms with van der Waals surface area (Å²) in [6.45, 7) is 4.40. The van der Waals surface area contributed by atoms with Crippen LogP contribution in [0.15, 0.2) is 48.6 Å². The third-order valence-corrected chi connectivity index (χ3v) is 18.9. The molecule has 0 aromatic heterocycles. The predicted octanol–water partition coefficient (Wildman–Crippen LogP) is 26.0. The third kappa shape index (κ3) is 75.0. The van der Waals surface area contributed by atoms with Crippen molar-refractivity contribution in [3.63, 3.8) is 0 Å². The number of carbonyl (C=O) groups is 2. The van der Waals surface area contributed by atoms with Crippen molar-refractivity contribution in [3.8, 4) is 0 Å². The number of phosphoric ester groups is 1. The van der Waals surface area contributed by atoms with Gasteiger partial charge in [-0.2, -0.15) is 0 Å². The van der Waals surface area contributed by atoms with Crippen molar-refractivity contribution in [1.29, 1.82) is 0 Å². The van der Waals surface area contributed by atoms with E-state index in [2.05, 4.69) is 62.5 Å². The Morgan fingerprint density at radius 2 is 0.633 bits per heavy atom. The zero-order valence-corrected chi connectivity index (χ0v) is 61.5. The first-order valence-corrected chi connectivity index (χ1v) is 40.9. The van der Waals surface area contributed by atoms with Crippen LogP contribution in [0.3, 0.4) is 0 Å². The first-order chi connectivity index (χ1) is 44.0. The molecule has 90 heavy (non-hydrogen) atoms. The number of hydrogen-bond donors (Lipinski definition) is 1. The maximum Gasteiger partial charge on any atom is 0.472 e. The van der Waals surface area contributed by atoms with Gasteiger partial charge >= 0.3 is 19.8 Å². The summed E-state index contributed by atoms with van der Waals surface area (Å²) in [5.74, 6) is -0.774. The minimum absolute atomic E-state index is 0.0343. The topological polar surface area (TPSA) is 108 Å². The molecule has 0 aromatic rings. The molecule has 0 heterocycles. The molecule has 0 aromatic carbocycles. The van der Waals surface area contributed by atoms with E-state index in [9.17, 15) is 19.0 Å². The van der Waals surface area contributed by atoms with Gasteiger partial charge < -0.3 is 18.9 Å². The van der Waals surface area contributed by atoms with Crippen molar-refractivity contribution in [2.45, 2.75) is 405 Å². The number of carbonyl (C=O) groups excluding carboxylic acids is 2. The standard InChI is InChI=1S/C80H152NO8P/c1-6-8-10-12-14-16-18-20-22-24-26-28-30-32-34-36-38-39-40-41-43-44-46-48-50-52-54-56-58-60-62-64-66-68-70-72-79(82)86-76-78(77-88-90(84,85)87-75-74-81(3,4)5)89-80(83)73-71-69-67-65-63-61-59-57-55-53-51-49-47-45-42-37-35-33-31-29-27-25-23-21-19-17-15-13-11-9-7-2/h9,11,15,17,21,23,27,29,78H,6-8,10,12-14,16,18-20,22,24-26,28,30-77H2,1-5H3/p+1/b11-9-,17-15-,23-21-,29-27-. The van der Waals surface area contributed by atoms with Crippen molar-refractivity contribution in [1.82, 2.24) is 0 Å². The molecule has 0 saturated heterocycles. The van der Waals surface area contributed by atoms with Gasteiger partial charge in [0.15, 0.2) is 6.10 Å². The van der Waals surface area contributed by atoms with Crippen molar-refractivity contribution in [2.24, 2.45) is 0 Å². The number of rotatable bonds is 74. The molecule has 2 unspecified atom stereocenters. The highest BCUT2D eigenvalue weighted by atomic mass is 31.2. The summed E-state index contributed by atoms with van der Waals surface area (Å²) < 4.78 is 34.8. The lowest BCUT2D eigenvalue weighted by atomic mass is 10.0. The molecule has 1 N–H and O–H groups in total. The molecule has 9 nitrogen and oxygen atoms in total. The van der Waals surface area contributed by atoms with E-state index in [1.807, 2.05) is 21.1 Å². The number of quaternary nitrogens is 1. The molecule has 0 saturated carbocycles. The summed E-state index contributed by atoms with van der Waals surface area (Å²) in [4.78, 5) is 36.0. The molecule has 2 atom stereocenters. The Morgan fingerprint density at radius 3 is 0.944 bits per heavy atom. The molecule has 530 valence electrons. The molecule has 0 rings (SSSR count). The van der Waals surface area contributed by atoms with Crippen LogP contribution in [0.25, 0.3) is 0 Å². The van der Waals surface area contributed by atoms with Gasteiger partial charge in [-0.05, 0) is 51.4 Å². The van der Waals surface area contributed by atoms with Crippen LogP contribution >= 0.6 is 7.82 Å². The highest BCUT2D eigenvalue weighted by Crippen LogP contribution is 2.43. The molecule has 0 aliphatic heterocycles. The van der Waals surface area contributed by atoms with E-state index in [-0.39, 0.29) is 25.6 Å². The number of unbranched alkanes of at least 4 members (excludes halogenated alkanes) is 52. The molecule has 0 aliphatic rings.